The highest BCUT2D eigenvalue weighted by atomic mass is 35.5. The molecule has 5 rings (SSSR count). The number of aromatic nitrogens is 4. The molecule has 5 nitrogen and oxygen atoms in total. The number of hydrogen-bond acceptors (Lipinski definition) is 3. The lowest BCUT2D eigenvalue weighted by Crippen LogP contribution is -2.29. The molecule has 0 amide bonds. The van der Waals surface area contributed by atoms with E-state index in [1.54, 1.807) is 12.7 Å². The van der Waals surface area contributed by atoms with Crippen LogP contribution in [0.15, 0.2) is 43.1 Å². The van der Waals surface area contributed by atoms with Gasteiger partial charge in [-0.05, 0) is 61.2 Å². The summed E-state index contributed by atoms with van der Waals surface area (Å²) in [5.41, 5.74) is 2.43. The molecule has 7 heteroatoms. The van der Waals surface area contributed by atoms with Gasteiger partial charge in [0.2, 0.25) is 0 Å². The number of hydrogen-bond donors (Lipinski definition) is 0. The average molecular weight is 436 g/mol. The Balaban J connectivity index is 0.00000120. The highest BCUT2D eigenvalue weighted by molar-refractivity contribution is 5.85. The van der Waals surface area contributed by atoms with Crippen LogP contribution in [0, 0.1) is 11.8 Å². The Kier molecular flexibility index (Phi) is 7.60. The van der Waals surface area contributed by atoms with Crippen molar-refractivity contribution in [2.24, 2.45) is 11.8 Å². The van der Waals surface area contributed by atoms with Crippen molar-refractivity contribution < 1.29 is 0 Å². The zero-order valence-corrected chi connectivity index (χ0v) is 18.5. The highest BCUT2D eigenvalue weighted by Crippen LogP contribution is 2.28. The molecule has 0 N–H and O–H groups in total. The monoisotopic (exact) mass is 435 g/mol. The molecule has 29 heavy (non-hydrogen) atoms. The van der Waals surface area contributed by atoms with Gasteiger partial charge in [0.1, 0.15) is 12.7 Å². The molecule has 3 heterocycles. The molecule has 1 aromatic carbocycles. The van der Waals surface area contributed by atoms with Crippen LogP contribution in [0.2, 0.25) is 0 Å². The Morgan fingerprint density at radius 2 is 1.66 bits per heavy atom. The summed E-state index contributed by atoms with van der Waals surface area (Å²) in [6.07, 6.45) is 14.4. The molecule has 158 valence electrons. The molecular weight excluding hydrogens is 405 g/mol. The van der Waals surface area contributed by atoms with Gasteiger partial charge in [0.05, 0.1) is 11.2 Å². The Morgan fingerprint density at radius 1 is 0.862 bits per heavy atom. The van der Waals surface area contributed by atoms with Crippen molar-refractivity contribution >= 4 is 35.7 Å². The van der Waals surface area contributed by atoms with Crippen molar-refractivity contribution in [1.82, 2.24) is 24.2 Å². The summed E-state index contributed by atoms with van der Waals surface area (Å²) in [5.74, 6) is 1.72. The summed E-state index contributed by atoms with van der Waals surface area (Å²) >= 11 is 0. The maximum atomic E-state index is 3.93. The predicted molar refractivity (Wildman–Crippen MR) is 122 cm³/mol. The molecular formula is C22H31Cl2N5. The molecule has 1 aliphatic heterocycles. The van der Waals surface area contributed by atoms with Crippen molar-refractivity contribution in [2.45, 2.75) is 45.1 Å². The van der Waals surface area contributed by atoms with Crippen LogP contribution < -0.4 is 0 Å². The Hall–Kier alpha value is -1.56. The summed E-state index contributed by atoms with van der Waals surface area (Å²) in [4.78, 5) is 2.73. The molecule has 0 radical (unpaired) electrons. The molecule has 1 unspecified atom stereocenters. The van der Waals surface area contributed by atoms with Crippen LogP contribution in [0.5, 0.6) is 0 Å². The van der Waals surface area contributed by atoms with Crippen molar-refractivity contribution in [1.29, 1.82) is 0 Å². The van der Waals surface area contributed by atoms with Gasteiger partial charge in [0, 0.05) is 25.8 Å². The van der Waals surface area contributed by atoms with Gasteiger partial charge in [-0.2, -0.15) is 0 Å². The van der Waals surface area contributed by atoms with Crippen LogP contribution in [0.25, 0.3) is 16.6 Å². The summed E-state index contributed by atoms with van der Waals surface area (Å²) in [7, 11) is 0. The van der Waals surface area contributed by atoms with E-state index in [2.05, 4.69) is 50.1 Å². The topological polar surface area (TPSA) is 38.9 Å². The maximum absolute atomic E-state index is 3.93. The third-order valence-electron chi connectivity index (χ3n) is 6.54. The molecule has 1 saturated heterocycles. The second kappa shape index (κ2) is 9.96. The molecule has 2 aromatic heterocycles. The van der Waals surface area contributed by atoms with Gasteiger partial charge in [-0.1, -0.05) is 25.3 Å². The van der Waals surface area contributed by atoms with Crippen molar-refractivity contribution in [3.05, 3.63) is 43.1 Å². The van der Waals surface area contributed by atoms with Gasteiger partial charge >= 0.3 is 0 Å². The standard InChI is InChI=1S/C22H29N5.2ClH/c1-2-4-18(5-3-1)13-25-10-8-19(14-25)15-26-11-9-20-6-7-21(12-22(20)26)27-16-23-24-17-27;;/h6-7,9,11-12,16-19H,1-5,8,10,13-15H2;2*1H. The molecule has 2 aliphatic rings. The minimum atomic E-state index is 0. The van der Waals surface area contributed by atoms with Crippen LogP contribution in [-0.2, 0) is 6.54 Å². The van der Waals surface area contributed by atoms with Gasteiger partial charge in [-0.15, -0.1) is 35.0 Å². The van der Waals surface area contributed by atoms with E-state index in [9.17, 15) is 0 Å². The maximum Gasteiger partial charge on any atom is 0.123 e. The molecule has 2 fully saturated rings. The molecule has 3 aromatic rings. The first-order valence-electron chi connectivity index (χ1n) is 10.5. The van der Waals surface area contributed by atoms with Crippen molar-refractivity contribution in [3.8, 4) is 5.69 Å². The first-order valence-corrected chi connectivity index (χ1v) is 10.5. The fourth-order valence-corrected chi connectivity index (χ4v) is 5.07. The highest BCUT2D eigenvalue weighted by Gasteiger charge is 2.25. The summed E-state index contributed by atoms with van der Waals surface area (Å²) in [6, 6.07) is 8.83. The molecule has 1 atom stereocenters. The number of benzene rings is 1. The van der Waals surface area contributed by atoms with Gasteiger partial charge < -0.3 is 9.47 Å². The second-order valence-electron chi connectivity index (χ2n) is 8.50. The lowest BCUT2D eigenvalue weighted by Gasteiger charge is -2.26. The van der Waals surface area contributed by atoms with Crippen molar-refractivity contribution in [2.75, 3.05) is 19.6 Å². The van der Waals surface area contributed by atoms with E-state index in [4.69, 9.17) is 0 Å². The molecule has 1 aliphatic carbocycles. The summed E-state index contributed by atoms with van der Waals surface area (Å²) in [6.45, 7) is 5.00. The minimum Gasteiger partial charge on any atom is -0.347 e. The Labute approximate surface area is 185 Å². The van der Waals surface area contributed by atoms with Crippen LogP contribution in [0.3, 0.4) is 0 Å². The minimum absolute atomic E-state index is 0. The van der Waals surface area contributed by atoms with Gasteiger partial charge in [-0.25, -0.2) is 0 Å². The van der Waals surface area contributed by atoms with Crippen LogP contribution in [0.1, 0.15) is 38.5 Å². The van der Waals surface area contributed by atoms with Crippen LogP contribution in [0.4, 0.5) is 0 Å². The summed E-state index contributed by atoms with van der Waals surface area (Å²) < 4.78 is 4.41. The molecule has 0 spiro atoms. The third kappa shape index (κ3) is 4.96. The van der Waals surface area contributed by atoms with E-state index in [0.717, 1.165) is 24.1 Å². The third-order valence-corrected chi connectivity index (χ3v) is 6.54. The molecule has 0 bridgehead atoms. The second-order valence-corrected chi connectivity index (χ2v) is 8.50. The fourth-order valence-electron chi connectivity index (χ4n) is 5.07. The first kappa shape index (κ1) is 22.1. The number of likely N-dealkylation sites (tertiary alicyclic amines) is 1. The lowest BCUT2D eigenvalue weighted by atomic mass is 9.89. The zero-order valence-electron chi connectivity index (χ0n) is 16.8. The van der Waals surface area contributed by atoms with E-state index in [1.807, 2.05) is 4.57 Å². The van der Waals surface area contributed by atoms with Gasteiger partial charge in [0.25, 0.3) is 0 Å². The van der Waals surface area contributed by atoms with Crippen LogP contribution >= 0.6 is 24.8 Å². The normalized spacial score (nSPS) is 20.5. The Bertz CT molecular complexity index is 886. The van der Waals surface area contributed by atoms with Gasteiger partial charge in [0.15, 0.2) is 0 Å². The number of rotatable bonds is 5. The van der Waals surface area contributed by atoms with E-state index >= 15 is 0 Å². The largest absolute Gasteiger partial charge is 0.347 e. The first-order chi connectivity index (χ1) is 13.3. The quantitative estimate of drug-likeness (QED) is 0.567. The Morgan fingerprint density at radius 3 is 2.45 bits per heavy atom. The van der Waals surface area contributed by atoms with E-state index in [-0.39, 0.29) is 24.8 Å². The van der Waals surface area contributed by atoms with E-state index < -0.39 is 0 Å². The zero-order chi connectivity index (χ0) is 18.1. The van der Waals surface area contributed by atoms with Crippen molar-refractivity contribution in [3.63, 3.8) is 0 Å². The van der Waals surface area contributed by atoms with E-state index in [0.29, 0.717) is 0 Å². The molecule has 1 saturated carbocycles. The number of halogens is 2. The lowest BCUT2D eigenvalue weighted by molar-refractivity contribution is 0.226. The average Bonchev–Trinajstić information content (AvgIpc) is 3.45. The number of nitrogens with zero attached hydrogens (tertiary/aromatic N) is 5. The fraction of sp³-hybridized carbons (Fsp3) is 0.545. The van der Waals surface area contributed by atoms with E-state index in [1.165, 1.54) is 69.1 Å². The van der Waals surface area contributed by atoms with Gasteiger partial charge in [-0.3, -0.25) is 4.57 Å². The van der Waals surface area contributed by atoms with Crippen LogP contribution in [-0.4, -0.2) is 43.9 Å². The predicted octanol–water partition coefficient (Wildman–Crippen LogP) is 4.97. The smallest absolute Gasteiger partial charge is 0.123 e. The SMILES string of the molecule is Cl.Cl.c1cc2ccn(CC3CCN(CC4CCCCC4)C3)c2cc1-n1cnnc1. The number of fused-ring (bicyclic) bond motifs is 1. The summed E-state index contributed by atoms with van der Waals surface area (Å²) in [5, 5.41) is 9.17.